The largest absolute Gasteiger partial charge is 0.331 e. The van der Waals surface area contributed by atoms with E-state index in [9.17, 15) is 9.59 Å². The lowest BCUT2D eigenvalue weighted by Gasteiger charge is -2.03. The molecule has 15 heavy (non-hydrogen) atoms. The zero-order valence-electron chi connectivity index (χ0n) is 9.11. The average molecular weight is 208 g/mol. The van der Waals surface area contributed by atoms with Crippen LogP contribution >= 0.6 is 0 Å². The first kappa shape index (κ1) is 9.70. The number of nitrogens with zero attached hydrogens (tertiary/aromatic N) is 4. The normalized spacial score (nSPS) is 11.2. The summed E-state index contributed by atoms with van der Waals surface area (Å²) in [6.45, 7) is 1.78. The second-order valence-corrected chi connectivity index (χ2v) is 3.61. The molecular formula is C9H12N4O2. The van der Waals surface area contributed by atoms with Crippen LogP contribution in [0, 0.1) is 6.92 Å². The van der Waals surface area contributed by atoms with Crippen LogP contribution in [0.4, 0.5) is 0 Å². The summed E-state index contributed by atoms with van der Waals surface area (Å²) < 4.78 is 4.04. The summed E-state index contributed by atoms with van der Waals surface area (Å²) in [5.74, 6) is 0. The summed E-state index contributed by atoms with van der Waals surface area (Å²) in [5, 5.41) is 4.14. The summed E-state index contributed by atoms with van der Waals surface area (Å²) in [6, 6.07) is 0. The zero-order valence-corrected chi connectivity index (χ0v) is 9.11. The van der Waals surface area contributed by atoms with Crippen LogP contribution in [0.5, 0.6) is 0 Å². The van der Waals surface area contributed by atoms with Gasteiger partial charge in [-0.3, -0.25) is 18.6 Å². The van der Waals surface area contributed by atoms with E-state index in [1.165, 1.54) is 16.3 Å². The second kappa shape index (κ2) is 2.82. The number of aryl methyl sites for hydroxylation is 3. The first-order valence-corrected chi connectivity index (χ1v) is 4.54. The van der Waals surface area contributed by atoms with Crippen molar-refractivity contribution in [3.8, 4) is 0 Å². The lowest BCUT2D eigenvalue weighted by Crippen LogP contribution is -2.37. The Labute approximate surface area is 85.4 Å². The Balaban J connectivity index is 3.26. The van der Waals surface area contributed by atoms with Crippen molar-refractivity contribution in [1.29, 1.82) is 0 Å². The van der Waals surface area contributed by atoms with Crippen molar-refractivity contribution in [3.63, 3.8) is 0 Å². The lowest BCUT2D eigenvalue weighted by atomic mass is 10.3. The molecule has 6 nitrogen and oxygen atoms in total. The molecule has 0 aliphatic rings. The molecule has 0 atom stereocenters. The van der Waals surface area contributed by atoms with Crippen LogP contribution in [-0.2, 0) is 21.1 Å². The standard InChI is InChI=1S/C9H12N4O2/c1-5-6-7(13(4)10-5)8(14)12(3)9(15)11(6)2/h1-4H3. The Morgan fingerprint density at radius 2 is 1.60 bits per heavy atom. The molecule has 0 saturated heterocycles. The minimum absolute atomic E-state index is 0.309. The fourth-order valence-electron chi connectivity index (χ4n) is 1.85. The van der Waals surface area contributed by atoms with E-state index >= 15 is 0 Å². The van der Waals surface area contributed by atoms with Crippen LogP contribution in [0.3, 0.4) is 0 Å². The molecule has 0 radical (unpaired) electrons. The number of fused-ring (bicyclic) bond motifs is 1. The topological polar surface area (TPSA) is 61.8 Å². The van der Waals surface area contributed by atoms with Gasteiger partial charge in [-0.15, -0.1) is 0 Å². The van der Waals surface area contributed by atoms with Gasteiger partial charge in [-0.25, -0.2) is 4.79 Å². The Hall–Kier alpha value is -1.85. The third-order valence-corrected chi connectivity index (χ3v) is 2.61. The van der Waals surface area contributed by atoms with Gasteiger partial charge in [0.2, 0.25) is 0 Å². The zero-order chi connectivity index (χ0) is 11.3. The molecule has 80 valence electrons. The fourth-order valence-corrected chi connectivity index (χ4v) is 1.85. The molecule has 0 amide bonds. The molecule has 6 heteroatoms. The number of aromatic nitrogens is 4. The van der Waals surface area contributed by atoms with E-state index in [0.29, 0.717) is 16.7 Å². The Morgan fingerprint density at radius 3 is 2.20 bits per heavy atom. The number of hydrogen-bond acceptors (Lipinski definition) is 3. The lowest BCUT2D eigenvalue weighted by molar-refractivity contribution is 0.703. The molecule has 2 aromatic heterocycles. The summed E-state index contributed by atoms with van der Waals surface area (Å²) >= 11 is 0. The molecule has 0 unspecified atom stereocenters. The number of rotatable bonds is 0. The van der Waals surface area contributed by atoms with Crippen LogP contribution in [-0.4, -0.2) is 18.9 Å². The van der Waals surface area contributed by atoms with Gasteiger partial charge >= 0.3 is 5.69 Å². The van der Waals surface area contributed by atoms with Gasteiger partial charge in [-0.1, -0.05) is 0 Å². The summed E-state index contributed by atoms with van der Waals surface area (Å²) in [5.41, 5.74) is 1.10. The van der Waals surface area contributed by atoms with Crippen molar-refractivity contribution >= 4 is 11.0 Å². The highest BCUT2D eigenvalue weighted by Crippen LogP contribution is 2.10. The van der Waals surface area contributed by atoms with E-state index in [-0.39, 0.29) is 11.2 Å². The van der Waals surface area contributed by atoms with Gasteiger partial charge in [0.15, 0.2) is 5.52 Å². The number of hydrogen-bond donors (Lipinski definition) is 0. The maximum atomic E-state index is 11.8. The molecule has 0 bridgehead atoms. The highest BCUT2D eigenvalue weighted by molar-refractivity contribution is 5.76. The SMILES string of the molecule is Cc1nn(C)c2c(=O)n(C)c(=O)n(C)c12. The molecule has 2 aromatic rings. The van der Waals surface area contributed by atoms with Crippen molar-refractivity contribution in [2.45, 2.75) is 6.92 Å². The third kappa shape index (κ3) is 1.07. The van der Waals surface area contributed by atoms with Gasteiger partial charge in [0.05, 0.1) is 11.2 Å². The molecule has 0 fully saturated rings. The van der Waals surface area contributed by atoms with E-state index < -0.39 is 0 Å². The summed E-state index contributed by atoms with van der Waals surface area (Å²) in [7, 11) is 4.80. The van der Waals surface area contributed by atoms with Crippen LogP contribution in [0.15, 0.2) is 9.59 Å². The molecule has 0 aromatic carbocycles. The van der Waals surface area contributed by atoms with Crippen molar-refractivity contribution in [2.24, 2.45) is 21.1 Å². The Morgan fingerprint density at radius 1 is 1.00 bits per heavy atom. The molecule has 2 heterocycles. The van der Waals surface area contributed by atoms with Crippen LogP contribution in [0.2, 0.25) is 0 Å². The highest BCUT2D eigenvalue weighted by Gasteiger charge is 2.14. The Bertz CT molecular complexity index is 659. The van der Waals surface area contributed by atoms with Gasteiger partial charge in [0.1, 0.15) is 0 Å². The fraction of sp³-hybridized carbons (Fsp3) is 0.444. The van der Waals surface area contributed by atoms with E-state index in [0.717, 1.165) is 4.57 Å². The second-order valence-electron chi connectivity index (χ2n) is 3.61. The molecule has 0 saturated carbocycles. The molecular weight excluding hydrogens is 196 g/mol. The summed E-state index contributed by atoms with van der Waals surface area (Å²) in [4.78, 5) is 23.5. The van der Waals surface area contributed by atoms with Gasteiger partial charge < -0.3 is 0 Å². The van der Waals surface area contributed by atoms with Crippen molar-refractivity contribution in [3.05, 3.63) is 26.5 Å². The third-order valence-electron chi connectivity index (χ3n) is 2.61. The predicted octanol–water partition coefficient (Wildman–Crippen LogP) is -0.721. The van der Waals surface area contributed by atoms with E-state index in [1.54, 1.807) is 21.0 Å². The molecule has 2 rings (SSSR count). The van der Waals surface area contributed by atoms with Crippen molar-refractivity contribution < 1.29 is 0 Å². The van der Waals surface area contributed by atoms with Gasteiger partial charge in [-0.2, -0.15) is 5.10 Å². The van der Waals surface area contributed by atoms with Crippen LogP contribution < -0.4 is 11.2 Å². The predicted molar refractivity (Wildman–Crippen MR) is 55.9 cm³/mol. The maximum absolute atomic E-state index is 11.8. The quantitative estimate of drug-likeness (QED) is 0.574. The monoisotopic (exact) mass is 208 g/mol. The summed E-state index contributed by atoms with van der Waals surface area (Å²) in [6.07, 6.45) is 0. The van der Waals surface area contributed by atoms with Crippen LogP contribution in [0.25, 0.3) is 11.0 Å². The van der Waals surface area contributed by atoms with E-state index in [4.69, 9.17) is 0 Å². The Kier molecular flexibility index (Phi) is 1.82. The van der Waals surface area contributed by atoms with Crippen molar-refractivity contribution in [1.82, 2.24) is 18.9 Å². The van der Waals surface area contributed by atoms with Gasteiger partial charge in [0.25, 0.3) is 5.56 Å². The highest BCUT2D eigenvalue weighted by atomic mass is 16.2. The first-order chi connectivity index (χ1) is 6.95. The van der Waals surface area contributed by atoms with E-state index in [1.807, 2.05) is 0 Å². The average Bonchev–Trinajstić information content (AvgIpc) is 2.47. The van der Waals surface area contributed by atoms with Gasteiger partial charge in [0, 0.05) is 21.1 Å². The van der Waals surface area contributed by atoms with Crippen LogP contribution in [0.1, 0.15) is 5.69 Å². The van der Waals surface area contributed by atoms with E-state index in [2.05, 4.69) is 5.10 Å². The minimum Gasteiger partial charge on any atom is -0.293 e. The molecule has 0 N–H and O–H groups in total. The first-order valence-electron chi connectivity index (χ1n) is 4.54. The van der Waals surface area contributed by atoms with Crippen molar-refractivity contribution in [2.75, 3.05) is 0 Å². The maximum Gasteiger partial charge on any atom is 0.331 e. The minimum atomic E-state index is -0.330. The smallest absolute Gasteiger partial charge is 0.293 e. The molecule has 0 spiro atoms. The van der Waals surface area contributed by atoms with Gasteiger partial charge in [-0.05, 0) is 6.92 Å². The molecule has 0 aliphatic carbocycles. The molecule has 0 aliphatic heterocycles.